The van der Waals surface area contributed by atoms with Crippen molar-refractivity contribution >= 4 is 0 Å². The van der Waals surface area contributed by atoms with Gasteiger partial charge in [-0.3, -0.25) is 4.90 Å². The number of rotatable bonds is 4. The standard InChI is InChI=1S/C13H22N2O2/c1-10-9-17-11(2)7-15(10)8-13-12(6-14-3)4-5-16-13/h4-5,10-11,14H,6-9H2,1-3H3. The molecule has 2 rings (SSSR count). The average molecular weight is 238 g/mol. The minimum atomic E-state index is 0.314. The molecule has 0 aromatic carbocycles. The van der Waals surface area contributed by atoms with E-state index in [1.54, 1.807) is 6.26 Å². The van der Waals surface area contributed by atoms with Crippen LogP contribution in [0.25, 0.3) is 0 Å². The van der Waals surface area contributed by atoms with Crippen molar-refractivity contribution < 1.29 is 9.15 Å². The first-order valence-electron chi connectivity index (χ1n) is 6.26. The molecule has 1 aromatic heterocycles. The van der Waals surface area contributed by atoms with Crippen LogP contribution >= 0.6 is 0 Å². The molecule has 0 saturated carbocycles. The first-order valence-corrected chi connectivity index (χ1v) is 6.26. The first kappa shape index (κ1) is 12.6. The summed E-state index contributed by atoms with van der Waals surface area (Å²) in [6.45, 7) is 7.84. The van der Waals surface area contributed by atoms with Crippen LogP contribution in [0.15, 0.2) is 16.7 Å². The molecule has 0 radical (unpaired) electrons. The number of hydrogen-bond acceptors (Lipinski definition) is 4. The predicted molar refractivity (Wildman–Crippen MR) is 66.8 cm³/mol. The molecule has 1 aliphatic heterocycles. The Morgan fingerprint density at radius 3 is 3.06 bits per heavy atom. The van der Waals surface area contributed by atoms with Crippen molar-refractivity contribution in [1.82, 2.24) is 10.2 Å². The van der Waals surface area contributed by atoms with Crippen molar-refractivity contribution in [2.45, 2.75) is 39.1 Å². The molecule has 0 aliphatic carbocycles. The Labute approximate surface area is 103 Å². The molecule has 2 atom stereocenters. The summed E-state index contributed by atoms with van der Waals surface area (Å²) < 4.78 is 11.2. The van der Waals surface area contributed by atoms with Crippen LogP contribution in [-0.4, -0.2) is 37.2 Å². The molecule has 2 heterocycles. The van der Waals surface area contributed by atoms with Gasteiger partial charge in [0.05, 0.1) is 25.5 Å². The summed E-state index contributed by atoms with van der Waals surface area (Å²) in [4.78, 5) is 2.42. The lowest BCUT2D eigenvalue weighted by molar-refractivity contribution is -0.0546. The predicted octanol–water partition coefficient (Wildman–Crippen LogP) is 1.61. The minimum Gasteiger partial charge on any atom is -0.468 e. The molecule has 0 spiro atoms. The fourth-order valence-corrected chi connectivity index (χ4v) is 2.23. The second kappa shape index (κ2) is 5.67. The van der Waals surface area contributed by atoms with E-state index in [-0.39, 0.29) is 0 Å². The highest BCUT2D eigenvalue weighted by atomic mass is 16.5. The summed E-state index contributed by atoms with van der Waals surface area (Å²) in [5.74, 6) is 1.07. The van der Waals surface area contributed by atoms with Crippen LogP contribution in [0, 0.1) is 0 Å². The Balaban J connectivity index is 2.01. The summed E-state index contributed by atoms with van der Waals surface area (Å²) in [5.41, 5.74) is 1.25. The third-order valence-electron chi connectivity index (χ3n) is 3.29. The molecular weight excluding hydrogens is 216 g/mol. The van der Waals surface area contributed by atoms with Gasteiger partial charge < -0.3 is 14.5 Å². The van der Waals surface area contributed by atoms with E-state index in [1.165, 1.54) is 5.56 Å². The van der Waals surface area contributed by atoms with Gasteiger partial charge in [-0.2, -0.15) is 0 Å². The smallest absolute Gasteiger partial charge is 0.122 e. The number of hydrogen-bond donors (Lipinski definition) is 1. The van der Waals surface area contributed by atoms with Crippen LogP contribution in [0.4, 0.5) is 0 Å². The Hall–Kier alpha value is -0.840. The molecule has 1 saturated heterocycles. The van der Waals surface area contributed by atoms with E-state index in [9.17, 15) is 0 Å². The zero-order valence-electron chi connectivity index (χ0n) is 10.9. The highest BCUT2D eigenvalue weighted by Crippen LogP contribution is 2.18. The molecule has 17 heavy (non-hydrogen) atoms. The van der Waals surface area contributed by atoms with Crippen LogP contribution in [0.1, 0.15) is 25.2 Å². The number of nitrogens with zero attached hydrogens (tertiary/aromatic N) is 1. The molecule has 1 N–H and O–H groups in total. The first-order chi connectivity index (χ1) is 8.20. The third kappa shape index (κ3) is 3.09. The maximum atomic E-state index is 5.63. The van der Waals surface area contributed by atoms with Crippen molar-refractivity contribution in [2.24, 2.45) is 0 Å². The molecule has 0 bridgehead atoms. The normalized spacial score (nSPS) is 26.3. The maximum Gasteiger partial charge on any atom is 0.122 e. The van der Waals surface area contributed by atoms with Gasteiger partial charge in [0.15, 0.2) is 0 Å². The molecule has 4 heteroatoms. The lowest BCUT2D eigenvalue weighted by atomic mass is 10.1. The van der Waals surface area contributed by atoms with Gasteiger partial charge in [0.25, 0.3) is 0 Å². The van der Waals surface area contributed by atoms with E-state index < -0.39 is 0 Å². The summed E-state index contributed by atoms with van der Waals surface area (Å²) in [6.07, 6.45) is 2.09. The number of ether oxygens (including phenoxy) is 1. The number of furan rings is 1. The van der Waals surface area contributed by atoms with Gasteiger partial charge >= 0.3 is 0 Å². The van der Waals surface area contributed by atoms with Crippen LogP contribution in [0.5, 0.6) is 0 Å². The maximum absolute atomic E-state index is 5.63. The van der Waals surface area contributed by atoms with Gasteiger partial charge in [0.1, 0.15) is 5.76 Å². The Kier molecular flexibility index (Phi) is 4.20. The second-order valence-corrected chi connectivity index (χ2v) is 4.82. The van der Waals surface area contributed by atoms with Crippen LogP contribution in [0.2, 0.25) is 0 Å². The van der Waals surface area contributed by atoms with E-state index in [2.05, 4.69) is 24.1 Å². The van der Waals surface area contributed by atoms with Crippen molar-refractivity contribution in [3.8, 4) is 0 Å². The Morgan fingerprint density at radius 1 is 1.47 bits per heavy atom. The second-order valence-electron chi connectivity index (χ2n) is 4.82. The fourth-order valence-electron chi connectivity index (χ4n) is 2.23. The van der Waals surface area contributed by atoms with Crippen molar-refractivity contribution in [3.05, 3.63) is 23.7 Å². The minimum absolute atomic E-state index is 0.314. The van der Waals surface area contributed by atoms with Crippen LogP contribution in [-0.2, 0) is 17.8 Å². The third-order valence-corrected chi connectivity index (χ3v) is 3.29. The lowest BCUT2D eigenvalue weighted by Gasteiger charge is -2.36. The van der Waals surface area contributed by atoms with E-state index in [1.807, 2.05) is 13.1 Å². The fraction of sp³-hybridized carbons (Fsp3) is 0.692. The Bertz CT molecular complexity index is 351. The molecule has 0 amide bonds. The molecule has 2 unspecified atom stereocenters. The topological polar surface area (TPSA) is 37.6 Å². The molecule has 96 valence electrons. The number of nitrogens with one attached hydrogen (secondary N) is 1. The van der Waals surface area contributed by atoms with Gasteiger partial charge in [-0.15, -0.1) is 0 Å². The van der Waals surface area contributed by atoms with E-state index in [0.29, 0.717) is 12.1 Å². The lowest BCUT2D eigenvalue weighted by Crippen LogP contribution is -2.46. The summed E-state index contributed by atoms with van der Waals surface area (Å²) in [6, 6.07) is 2.50. The highest BCUT2D eigenvalue weighted by Gasteiger charge is 2.24. The monoisotopic (exact) mass is 238 g/mol. The quantitative estimate of drug-likeness (QED) is 0.864. The molecule has 4 nitrogen and oxygen atoms in total. The summed E-state index contributed by atoms with van der Waals surface area (Å²) in [7, 11) is 1.95. The van der Waals surface area contributed by atoms with Crippen molar-refractivity contribution in [1.29, 1.82) is 0 Å². The SMILES string of the molecule is CNCc1ccoc1CN1CC(C)OCC1C. The van der Waals surface area contributed by atoms with Crippen molar-refractivity contribution in [2.75, 3.05) is 20.2 Å². The molecule has 1 fully saturated rings. The van der Waals surface area contributed by atoms with Crippen LogP contribution in [0.3, 0.4) is 0 Å². The summed E-state index contributed by atoms with van der Waals surface area (Å²) in [5, 5.41) is 3.16. The average Bonchev–Trinajstić information content (AvgIpc) is 2.72. The highest BCUT2D eigenvalue weighted by molar-refractivity contribution is 5.16. The summed E-state index contributed by atoms with van der Waals surface area (Å²) >= 11 is 0. The van der Waals surface area contributed by atoms with Gasteiger partial charge in [-0.05, 0) is 27.0 Å². The largest absolute Gasteiger partial charge is 0.468 e. The molecule has 1 aromatic rings. The Morgan fingerprint density at radius 2 is 2.29 bits per heavy atom. The van der Waals surface area contributed by atoms with Gasteiger partial charge in [-0.1, -0.05) is 0 Å². The number of morpholine rings is 1. The van der Waals surface area contributed by atoms with Gasteiger partial charge in [0.2, 0.25) is 0 Å². The van der Waals surface area contributed by atoms with Gasteiger partial charge in [0, 0.05) is 24.7 Å². The van der Waals surface area contributed by atoms with Gasteiger partial charge in [-0.25, -0.2) is 0 Å². The van der Waals surface area contributed by atoms with Crippen molar-refractivity contribution in [3.63, 3.8) is 0 Å². The van der Waals surface area contributed by atoms with E-state index in [0.717, 1.165) is 32.0 Å². The zero-order valence-corrected chi connectivity index (χ0v) is 10.9. The van der Waals surface area contributed by atoms with E-state index >= 15 is 0 Å². The van der Waals surface area contributed by atoms with E-state index in [4.69, 9.17) is 9.15 Å². The molecule has 1 aliphatic rings. The molecular formula is C13H22N2O2. The van der Waals surface area contributed by atoms with Crippen LogP contribution < -0.4 is 5.32 Å². The zero-order chi connectivity index (χ0) is 12.3.